The predicted molar refractivity (Wildman–Crippen MR) is 82.6 cm³/mol. The van der Waals surface area contributed by atoms with Crippen molar-refractivity contribution in [1.29, 1.82) is 0 Å². The lowest BCUT2D eigenvalue weighted by atomic mass is 9.97. The summed E-state index contributed by atoms with van der Waals surface area (Å²) in [4.78, 5) is 4.37. The van der Waals surface area contributed by atoms with Crippen LogP contribution in [0, 0.1) is 0 Å². The van der Waals surface area contributed by atoms with Crippen LogP contribution in [0.5, 0.6) is 0 Å². The Labute approximate surface area is 118 Å². The third-order valence-corrected chi connectivity index (χ3v) is 4.36. The Morgan fingerprint density at radius 2 is 2.05 bits per heavy atom. The van der Waals surface area contributed by atoms with Gasteiger partial charge in [0, 0.05) is 18.3 Å². The molecule has 1 aromatic heterocycles. The molecule has 0 unspecified atom stereocenters. The number of anilines is 1. The van der Waals surface area contributed by atoms with Crippen molar-refractivity contribution in [1.82, 2.24) is 9.55 Å². The molecule has 0 spiro atoms. The summed E-state index contributed by atoms with van der Waals surface area (Å²) in [5.74, 6) is 0. The molecule has 0 radical (unpaired) electrons. The summed E-state index contributed by atoms with van der Waals surface area (Å²) in [5, 5.41) is 0. The lowest BCUT2D eigenvalue weighted by Crippen LogP contribution is -1.97. The number of nitrogens with zero attached hydrogens (tertiary/aromatic N) is 2. The smallest absolute Gasteiger partial charge is 0.0955 e. The van der Waals surface area contributed by atoms with E-state index in [0.29, 0.717) is 0 Å². The molecule has 2 aromatic carbocycles. The summed E-state index contributed by atoms with van der Waals surface area (Å²) in [6, 6.07) is 10.8. The van der Waals surface area contributed by atoms with Gasteiger partial charge in [0.15, 0.2) is 0 Å². The van der Waals surface area contributed by atoms with Crippen LogP contribution in [-0.4, -0.2) is 9.55 Å². The SMILES string of the molecule is Cn1cnc2ccc(-c3ccc4c(c3N)CCC4)cc21. The number of benzene rings is 2. The molecule has 0 fully saturated rings. The second-order valence-electron chi connectivity index (χ2n) is 5.58. The number of aromatic nitrogens is 2. The number of hydrogen-bond donors (Lipinski definition) is 1. The van der Waals surface area contributed by atoms with E-state index in [1.165, 1.54) is 29.5 Å². The standard InChI is InChI=1S/C17H17N3/c1-20-10-19-15-8-6-12(9-16(15)20)14-7-5-11-3-2-4-13(11)17(14)18/h5-10H,2-4,18H2,1H3. The highest BCUT2D eigenvalue weighted by Crippen LogP contribution is 2.36. The van der Waals surface area contributed by atoms with Crippen LogP contribution in [-0.2, 0) is 19.9 Å². The van der Waals surface area contributed by atoms with E-state index in [4.69, 9.17) is 5.73 Å². The van der Waals surface area contributed by atoms with Crippen molar-refractivity contribution in [2.24, 2.45) is 7.05 Å². The Morgan fingerprint density at radius 3 is 2.95 bits per heavy atom. The second-order valence-corrected chi connectivity index (χ2v) is 5.58. The maximum atomic E-state index is 6.40. The van der Waals surface area contributed by atoms with Crippen LogP contribution in [0.1, 0.15) is 17.5 Å². The van der Waals surface area contributed by atoms with Gasteiger partial charge in [0.1, 0.15) is 0 Å². The van der Waals surface area contributed by atoms with Gasteiger partial charge in [-0.15, -0.1) is 0 Å². The van der Waals surface area contributed by atoms with E-state index >= 15 is 0 Å². The van der Waals surface area contributed by atoms with E-state index in [0.717, 1.165) is 28.7 Å². The molecule has 0 saturated carbocycles. The molecular formula is C17H17N3. The molecule has 100 valence electrons. The van der Waals surface area contributed by atoms with Crippen LogP contribution in [0.15, 0.2) is 36.7 Å². The zero-order valence-corrected chi connectivity index (χ0v) is 11.6. The fraction of sp³-hybridized carbons (Fsp3) is 0.235. The van der Waals surface area contributed by atoms with E-state index in [1.54, 1.807) is 0 Å². The quantitative estimate of drug-likeness (QED) is 0.684. The Balaban J connectivity index is 1.92. The summed E-state index contributed by atoms with van der Waals surface area (Å²) in [5.41, 5.74) is 14.6. The topological polar surface area (TPSA) is 43.8 Å². The average Bonchev–Trinajstić information content (AvgIpc) is 3.07. The van der Waals surface area contributed by atoms with Crippen LogP contribution in [0.2, 0.25) is 0 Å². The minimum absolute atomic E-state index is 0.960. The Bertz CT molecular complexity index is 814. The summed E-state index contributed by atoms with van der Waals surface area (Å²) < 4.78 is 2.04. The number of hydrogen-bond acceptors (Lipinski definition) is 2. The van der Waals surface area contributed by atoms with Crippen molar-refractivity contribution in [3.8, 4) is 11.1 Å². The number of nitrogen functional groups attached to an aromatic ring is 1. The van der Waals surface area contributed by atoms with Crippen LogP contribution in [0.4, 0.5) is 5.69 Å². The first-order valence-electron chi connectivity index (χ1n) is 7.06. The first-order chi connectivity index (χ1) is 9.74. The summed E-state index contributed by atoms with van der Waals surface area (Å²) in [6.45, 7) is 0. The van der Waals surface area contributed by atoms with Gasteiger partial charge in [0.2, 0.25) is 0 Å². The van der Waals surface area contributed by atoms with Gasteiger partial charge in [-0.05, 0) is 48.1 Å². The van der Waals surface area contributed by atoms with Crippen molar-refractivity contribution >= 4 is 16.7 Å². The zero-order chi connectivity index (χ0) is 13.7. The molecular weight excluding hydrogens is 246 g/mol. The largest absolute Gasteiger partial charge is 0.398 e. The van der Waals surface area contributed by atoms with Crippen molar-refractivity contribution < 1.29 is 0 Å². The minimum Gasteiger partial charge on any atom is -0.398 e. The Kier molecular flexibility index (Phi) is 2.36. The van der Waals surface area contributed by atoms with E-state index in [1.807, 2.05) is 17.9 Å². The highest BCUT2D eigenvalue weighted by atomic mass is 15.0. The Morgan fingerprint density at radius 1 is 1.15 bits per heavy atom. The summed E-state index contributed by atoms with van der Waals surface area (Å²) in [7, 11) is 2.02. The molecule has 0 aliphatic heterocycles. The minimum atomic E-state index is 0.960. The van der Waals surface area contributed by atoms with Gasteiger partial charge in [-0.3, -0.25) is 0 Å². The molecule has 0 amide bonds. The number of aryl methyl sites for hydroxylation is 2. The Hall–Kier alpha value is -2.29. The highest BCUT2D eigenvalue weighted by molar-refractivity contribution is 5.87. The molecule has 3 aromatic rings. The zero-order valence-electron chi connectivity index (χ0n) is 11.6. The molecule has 4 rings (SSSR count). The molecule has 1 heterocycles. The number of nitrogens with two attached hydrogens (primary N) is 1. The number of rotatable bonds is 1. The van der Waals surface area contributed by atoms with Crippen LogP contribution < -0.4 is 5.73 Å². The van der Waals surface area contributed by atoms with Crippen molar-refractivity contribution in [2.75, 3.05) is 5.73 Å². The molecule has 2 N–H and O–H groups in total. The van der Waals surface area contributed by atoms with Gasteiger partial charge in [-0.1, -0.05) is 18.2 Å². The molecule has 0 atom stereocenters. The highest BCUT2D eigenvalue weighted by Gasteiger charge is 2.17. The molecule has 0 bridgehead atoms. The van der Waals surface area contributed by atoms with Crippen LogP contribution in [0.25, 0.3) is 22.2 Å². The van der Waals surface area contributed by atoms with Gasteiger partial charge < -0.3 is 10.3 Å². The maximum absolute atomic E-state index is 6.40. The molecule has 20 heavy (non-hydrogen) atoms. The third-order valence-electron chi connectivity index (χ3n) is 4.36. The lowest BCUT2D eigenvalue weighted by molar-refractivity contribution is 0.912. The van der Waals surface area contributed by atoms with Crippen molar-refractivity contribution in [3.05, 3.63) is 47.8 Å². The molecule has 0 saturated heterocycles. The van der Waals surface area contributed by atoms with Gasteiger partial charge in [-0.25, -0.2) is 4.98 Å². The first-order valence-corrected chi connectivity index (χ1v) is 7.06. The van der Waals surface area contributed by atoms with Crippen molar-refractivity contribution in [3.63, 3.8) is 0 Å². The van der Waals surface area contributed by atoms with Gasteiger partial charge in [0.25, 0.3) is 0 Å². The predicted octanol–water partition coefficient (Wildman–Crippen LogP) is 3.31. The van der Waals surface area contributed by atoms with Crippen LogP contribution >= 0.6 is 0 Å². The van der Waals surface area contributed by atoms with E-state index in [-0.39, 0.29) is 0 Å². The van der Waals surface area contributed by atoms with Crippen LogP contribution in [0.3, 0.4) is 0 Å². The number of fused-ring (bicyclic) bond motifs is 2. The fourth-order valence-electron chi connectivity index (χ4n) is 3.24. The molecule has 3 nitrogen and oxygen atoms in total. The molecule has 3 heteroatoms. The molecule has 1 aliphatic carbocycles. The summed E-state index contributed by atoms with van der Waals surface area (Å²) >= 11 is 0. The fourth-order valence-corrected chi connectivity index (χ4v) is 3.24. The normalized spacial score (nSPS) is 13.8. The third kappa shape index (κ3) is 1.56. The second kappa shape index (κ2) is 4.10. The van der Waals surface area contributed by atoms with Crippen molar-refractivity contribution in [2.45, 2.75) is 19.3 Å². The maximum Gasteiger partial charge on any atom is 0.0955 e. The monoisotopic (exact) mass is 263 g/mol. The summed E-state index contributed by atoms with van der Waals surface area (Å²) in [6.07, 6.45) is 5.35. The van der Waals surface area contributed by atoms with E-state index in [2.05, 4.69) is 35.3 Å². The van der Waals surface area contributed by atoms with Gasteiger partial charge in [0.05, 0.1) is 17.4 Å². The van der Waals surface area contributed by atoms with E-state index < -0.39 is 0 Å². The average molecular weight is 263 g/mol. The molecule has 1 aliphatic rings. The number of imidazole rings is 1. The van der Waals surface area contributed by atoms with Gasteiger partial charge >= 0.3 is 0 Å². The lowest BCUT2D eigenvalue weighted by Gasteiger charge is -2.11. The van der Waals surface area contributed by atoms with E-state index in [9.17, 15) is 0 Å². The van der Waals surface area contributed by atoms with Gasteiger partial charge in [-0.2, -0.15) is 0 Å². The first kappa shape index (κ1) is 11.5.